The van der Waals surface area contributed by atoms with Gasteiger partial charge in [-0.05, 0) is 26.3 Å². The van der Waals surface area contributed by atoms with Crippen LogP contribution in [0.4, 0.5) is 0 Å². The molecular weight excluding hydrogens is 190 g/mol. The van der Waals surface area contributed by atoms with Crippen molar-refractivity contribution in [3.63, 3.8) is 0 Å². The van der Waals surface area contributed by atoms with Crippen molar-refractivity contribution in [2.24, 2.45) is 5.73 Å². The summed E-state index contributed by atoms with van der Waals surface area (Å²) in [6, 6.07) is 7.51. The van der Waals surface area contributed by atoms with Crippen molar-refractivity contribution in [1.29, 1.82) is 0 Å². The SMILES string of the molecule is CCOc1ccccc1C(O)CC(C)N. The van der Waals surface area contributed by atoms with Crippen molar-refractivity contribution in [3.8, 4) is 5.75 Å². The van der Waals surface area contributed by atoms with Crippen LogP contribution < -0.4 is 10.5 Å². The molecule has 3 heteroatoms. The molecule has 0 saturated heterocycles. The summed E-state index contributed by atoms with van der Waals surface area (Å²) in [7, 11) is 0. The van der Waals surface area contributed by atoms with Gasteiger partial charge in [0.2, 0.25) is 0 Å². The van der Waals surface area contributed by atoms with Gasteiger partial charge in [-0.25, -0.2) is 0 Å². The Morgan fingerprint density at radius 3 is 2.67 bits per heavy atom. The van der Waals surface area contributed by atoms with Gasteiger partial charge in [-0.3, -0.25) is 0 Å². The maximum Gasteiger partial charge on any atom is 0.125 e. The van der Waals surface area contributed by atoms with Crippen LogP contribution in [0.15, 0.2) is 24.3 Å². The molecule has 0 fully saturated rings. The summed E-state index contributed by atoms with van der Waals surface area (Å²) in [6.45, 7) is 4.41. The molecule has 1 rings (SSSR count). The summed E-state index contributed by atoms with van der Waals surface area (Å²) in [5.41, 5.74) is 6.47. The maximum atomic E-state index is 9.94. The standard InChI is InChI=1S/C12H19NO2/c1-3-15-12-7-5-4-6-10(12)11(14)8-9(2)13/h4-7,9,11,14H,3,8,13H2,1-2H3. The average Bonchev–Trinajstić information content (AvgIpc) is 2.18. The van der Waals surface area contributed by atoms with E-state index in [1.165, 1.54) is 0 Å². The highest BCUT2D eigenvalue weighted by molar-refractivity contribution is 5.35. The number of rotatable bonds is 5. The highest BCUT2D eigenvalue weighted by Gasteiger charge is 2.14. The second-order valence-corrected chi connectivity index (χ2v) is 3.70. The highest BCUT2D eigenvalue weighted by Crippen LogP contribution is 2.27. The van der Waals surface area contributed by atoms with Crippen LogP contribution in [-0.2, 0) is 0 Å². The minimum Gasteiger partial charge on any atom is -0.493 e. The van der Waals surface area contributed by atoms with Gasteiger partial charge in [0, 0.05) is 11.6 Å². The van der Waals surface area contributed by atoms with Crippen molar-refractivity contribution in [2.75, 3.05) is 6.61 Å². The average molecular weight is 209 g/mol. The van der Waals surface area contributed by atoms with Crippen LogP contribution in [0.2, 0.25) is 0 Å². The van der Waals surface area contributed by atoms with E-state index in [9.17, 15) is 5.11 Å². The third kappa shape index (κ3) is 3.53. The Labute approximate surface area is 90.9 Å². The molecule has 1 aromatic rings. The zero-order chi connectivity index (χ0) is 11.3. The van der Waals surface area contributed by atoms with Gasteiger partial charge in [-0.15, -0.1) is 0 Å². The van der Waals surface area contributed by atoms with Crippen molar-refractivity contribution in [2.45, 2.75) is 32.4 Å². The fraction of sp³-hybridized carbons (Fsp3) is 0.500. The molecule has 3 N–H and O–H groups in total. The number of nitrogens with two attached hydrogens (primary N) is 1. The Bertz CT molecular complexity index is 299. The molecule has 0 radical (unpaired) electrons. The van der Waals surface area contributed by atoms with Crippen molar-refractivity contribution in [1.82, 2.24) is 0 Å². The maximum absolute atomic E-state index is 9.94. The molecule has 84 valence electrons. The molecule has 0 aliphatic rings. The number of hydrogen-bond donors (Lipinski definition) is 2. The number of aliphatic hydroxyl groups excluding tert-OH is 1. The van der Waals surface area contributed by atoms with Gasteiger partial charge in [0.05, 0.1) is 12.7 Å². The van der Waals surface area contributed by atoms with Crippen LogP contribution in [0.3, 0.4) is 0 Å². The lowest BCUT2D eigenvalue weighted by Gasteiger charge is -2.16. The van der Waals surface area contributed by atoms with Gasteiger partial charge in [0.25, 0.3) is 0 Å². The molecule has 15 heavy (non-hydrogen) atoms. The van der Waals surface area contributed by atoms with Crippen LogP contribution in [0.5, 0.6) is 5.75 Å². The van der Waals surface area contributed by atoms with E-state index in [0.717, 1.165) is 11.3 Å². The van der Waals surface area contributed by atoms with Gasteiger partial charge < -0.3 is 15.6 Å². The topological polar surface area (TPSA) is 55.5 Å². The molecule has 0 saturated carbocycles. The molecular formula is C12H19NO2. The molecule has 0 aromatic heterocycles. The highest BCUT2D eigenvalue weighted by atomic mass is 16.5. The number of para-hydroxylation sites is 1. The second-order valence-electron chi connectivity index (χ2n) is 3.70. The van der Waals surface area contributed by atoms with E-state index in [-0.39, 0.29) is 6.04 Å². The number of ether oxygens (including phenoxy) is 1. The van der Waals surface area contributed by atoms with Crippen molar-refractivity contribution >= 4 is 0 Å². The molecule has 0 heterocycles. The first-order chi connectivity index (χ1) is 7.15. The molecule has 0 amide bonds. The fourth-order valence-electron chi connectivity index (χ4n) is 1.52. The normalized spacial score (nSPS) is 14.7. The van der Waals surface area contributed by atoms with Gasteiger partial charge in [-0.2, -0.15) is 0 Å². The Morgan fingerprint density at radius 2 is 2.07 bits per heavy atom. The van der Waals surface area contributed by atoms with E-state index in [4.69, 9.17) is 10.5 Å². The Hall–Kier alpha value is -1.06. The Morgan fingerprint density at radius 1 is 1.40 bits per heavy atom. The van der Waals surface area contributed by atoms with Crippen molar-refractivity contribution in [3.05, 3.63) is 29.8 Å². The molecule has 0 aliphatic carbocycles. The Kier molecular flexibility index (Phi) is 4.59. The summed E-state index contributed by atoms with van der Waals surface area (Å²) in [5.74, 6) is 0.744. The summed E-state index contributed by atoms with van der Waals surface area (Å²) in [4.78, 5) is 0. The summed E-state index contributed by atoms with van der Waals surface area (Å²) in [6.07, 6.45) is -0.00266. The first-order valence-electron chi connectivity index (χ1n) is 5.30. The molecule has 0 bridgehead atoms. The number of aliphatic hydroxyl groups is 1. The van der Waals surface area contributed by atoms with Crippen LogP contribution in [0, 0.1) is 0 Å². The minimum absolute atomic E-state index is 0.0188. The molecule has 0 aliphatic heterocycles. The quantitative estimate of drug-likeness (QED) is 0.778. The van der Waals surface area contributed by atoms with Crippen LogP contribution in [0.25, 0.3) is 0 Å². The van der Waals surface area contributed by atoms with Crippen LogP contribution >= 0.6 is 0 Å². The van der Waals surface area contributed by atoms with E-state index in [2.05, 4.69) is 0 Å². The van der Waals surface area contributed by atoms with E-state index in [1.807, 2.05) is 38.1 Å². The van der Waals surface area contributed by atoms with E-state index < -0.39 is 6.10 Å². The van der Waals surface area contributed by atoms with E-state index >= 15 is 0 Å². The molecule has 3 nitrogen and oxygen atoms in total. The molecule has 2 unspecified atom stereocenters. The van der Waals surface area contributed by atoms with E-state index in [1.54, 1.807) is 0 Å². The van der Waals surface area contributed by atoms with Crippen LogP contribution in [-0.4, -0.2) is 17.8 Å². The monoisotopic (exact) mass is 209 g/mol. The number of benzene rings is 1. The van der Waals surface area contributed by atoms with E-state index in [0.29, 0.717) is 13.0 Å². The van der Waals surface area contributed by atoms with Gasteiger partial charge in [0.1, 0.15) is 5.75 Å². The number of hydrogen-bond acceptors (Lipinski definition) is 3. The lowest BCUT2D eigenvalue weighted by molar-refractivity contribution is 0.155. The van der Waals surface area contributed by atoms with Gasteiger partial charge >= 0.3 is 0 Å². The molecule has 2 atom stereocenters. The zero-order valence-electron chi connectivity index (χ0n) is 9.31. The smallest absolute Gasteiger partial charge is 0.125 e. The third-order valence-corrected chi connectivity index (χ3v) is 2.17. The molecule has 0 spiro atoms. The third-order valence-electron chi connectivity index (χ3n) is 2.17. The lowest BCUT2D eigenvalue weighted by Crippen LogP contribution is -2.18. The van der Waals surface area contributed by atoms with Gasteiger partial charge in [0.15, 0.2) is 0 Å². The fourth-order valence-corrected chi connectivity index (χ4v) is 1.52. The predicted molar refractivity (Wildman–Crippen MR) is 60.8 cm³/mol. The van der Waals surface area contributed by atoms with Crippen LogP contribution in [0.1, 0.15) is 31.9 Å². The second kappa shape index (κ2) is 5.73. The van der Waals surface area contributed by atoms with Gasteiger partial charge in [-0.1, -0.05) is 18.2 Å². The summed E-state index contributed by atoms with van der Waals surface area (Å²) >= 11 is 0. The predicted octanol–water partition coefficient (Wildman–Crippen LogP) is 1.86. The first kappa shape index (κ1) is 12.0. The minimum atomic E-state index is -0.548. The molecule has 1 aromatic carbocycles. The Balaban J connectivity index is 2.81. The largest absolute Gasteiger partial charge is 0.493 e. The summed E-state index contributed by atoms with van der Waals surface area (Å²) < 4.78 is 5.44. The summed E-state index contributed by atoms with van der Waals surface area (Å²) in [5, 5.41) is 9.94. The first-order valence-corrected chi connectivity index (χ1v) is 5.30. The lowest BCUT2D eigenvalue weighted by atomic mass is 10.0. The van der Waals surface area contributed by atoms with Crippen molar-refractivity contribution < 1.29 is 9.84 Å². The zero-order valence-corrected chi connectivity index (χ0v) is 9.31.